The summed E-state index contributed by atoms with van der Waals surface area (Å²) in [6.07, 6.45) is 4.88. The minimum Gasteiger partial charge on any atom is -0.431 e. The molecule has 164 valence electrons. The highest BCUT2D eigenvalue weighted by Gasteiger charge is 2.73. The van der Waals surface area contributed by atoms with Gasteiger partial charge in [0.25, 0.3) is 0 Å². The number of fused-ring (bicyclic) bond motifs is 5. The molecule has 0 bridgehead atoms. The summed E-state index contributed by atoms with van der Waals surface area (Å²) in [4.78, 5) is 25.2. The molecule has 6 nitrogen and oxygen atoms in total. The molecule has 6 heteroatoms. The van der Waals surface area contributed by atoms with Gasteiger partial charge in [0.1, 0.15) is 6.10 Å². The fraction of sp³-hybridized carbons (Fsp3) is 0.750. The summed E-state index contributed by atoms with van der Waals surface area (Å²) in [6, 6.07) is 3.03. The Balaban J connectivity index is 1.58. The van der Waals surface area contributed by atoms with Crippen molar-refractivity contribution >= 4 is 5.78 Å². The van der Waals surface area contributed by atoms with E-state index in [2.05, 4.69) is 6.92 Å². The molecule has 4 aliphatic carbocycles. The fourth-order valence-electron chi connectivity index (χ4n) is 8.13. The van der Waals surface area contributed by atoms with E-state index < -0.39 is 22.7 Å². The van der Waals surface area contributed by atoms with Gasteiger partial charge in [-0.2, -0.15) is 0 Å². The third-order valence-electron chi connectivity index (χ3n) is 9.80. The van der Waals surface area contributed by atoms with Crippen LogP contribution in [0.25, 0.3) is 0 Å². The number of carbonyl (C=O) groups is 1. The largest absolute Gasteiger partial charge is 0.431 e. The Labute approximate surface area is 176 Å². The smallest absolute Gasteiger partial charge is 0.335 e. The van der Waals surface area contributed by atoms with Gasteiger partial charge in [-0.25, -0.2) is 4.79 Å². The highest BCUT2D eigenvalue weighted by Crippen LogP contribution is 2.69. The third-order valence-corrected chi connectivity index (χ3v) is 9.80. The molecule has 0 aliphatic heterocycles. The van der Waals surface area contributed by atoms with Crippen molar-refractivity contribution in [3.8, 4) is 0 Å². The Morgan fingerprint density at radius 3 is 2.50 bits per heavy atom. The lowest BCUT2D eigenvalue weighted by molar-refractivity contribution is -0.228. The van der Waals surface area contributed by atoms with E-state index in [1.54, 1.807) is 13.0 Å². The quantitative estimate of drug-likeness (QED) is 0.649. The van der Waals surface area contributed by atoms with Gasteiger partial charge >= 0.3 is 5.63 Å². The summed E-state index contributed by atoms with van der Waals surface area (Å²) in [5, 5.41) is 33.7. The minimum atomic E-state index is -1.20. The molecule has 0 amide bonds. The van der Waals surface area contributed by atoms with E-state index in [9.17, 15) is 24.9 Å². The van der Waals surface area contributed by atoms with E-state index in [-0.39, 0.29) is 41.0 Å². The summed E-state index contributed by atoms with van der Waals surface area (Å²) in [7, 11) is 0. The van der Waals surface area contributed by atoms with Crippen LogP contribution in [0.2, 0.25) is 0 Å². The summed E-state index contributed by atoms with van der Waals surface area (Å²) >= 11 is 0. The van der Waals surface area contributed by atoms with Crippen molar-refractivity contribution in [1.82, 2.24) is 0 Å². The van der Waals surface area contributed by atoms with E-state index in [1.807, 2.05) is 0 Å². The standard InChI is InChI=1S/C24H32O6/c1-22-9-7-15(25)11-14(22)4-5-17-19(22)20(27)21(28)23(2)16(8-10-24(17,23)29)13-3-6-18(26)30-12-13/h3,6,12,14-17,19-20,25,27,29H,4-5,7-11H2,1-2H3/t14-,15+,16-,17?,19?,20?,22+,23+,24+/m1/s1. The van der Waals surface area contributed by atoms with Gasteiger partial charge in [-0.1, -0.05) is 6.92 Å². The molecule has 4 aliphatic rings. The number of ketones is 1. The predicted molar refractivity (Wildman–Crippen MR) is 109 cm³/mol. The summed E-state index contributed by atoms with van der Waals surface area (Å²) < 4.78 is 5.06. The first-order valence-electron chi connectivity index (χ1n) is 11.3. The van der Waals surface area contributed by atoms with Crippen LogP contribution < -0.4 is 5.63 Å². The molecule has 4 fully saturated rings. The van der Waals surface area contributed by atoms with Crippen LogP contribution in [-0.2, 0) is 4.79 Å². The lowest BCUT2D eigenvalue weighted by Gasteiger charge is -2.64. The lowest BCUT2D eigenvalue weighted by atomic mass is 9.42. The molecule has 1 aromatic heterocycles. The molecule has 3 N–H and O–H groups in total. The highest BCUT2D eigenvalue weighted by molar-refractivity contribution is 5.93. The first-order valence-corrected chi connectivity index (χ1v) is 11.3. The molecule has 0 aromatic carbocycles. The molecular formula is C24H32O6. The normalized spacial score (nSPS) is 50.5. The van der Waals surface area contributed by atoms with Crippen LogP contribution in [0.4, 0.5) is 0 Å². The molecule has 5 rings (SSSR count). The van der Waals surface area contributed by atoms with Crippen molar-refractivity contribution in [3.63, 3.8) is 0 Å². The zero-order chi connectivity index (χ0) is 21.5. The molecule has 0 spiro atoms. The Kier molecular flexibility index (Phi) is 4.42. The van der Waals surface area contributed by atoms with Gasteiger partial charge in [0, 0.05) is 17.9 Å². The topological polar surface area (TPSA) is 108 Å². The number of hydrogen-bond donors (Lipinski definition) is 3. The molecule has 1 aromatic rings. The Hall–Kier alpha value is -1.50. The molecule has 30 heavy (non-hydrogen) atoms. The molecular weight excluding hydrogens is 384 g/mol. The van der Waals surface area contributed by atoms with Crippen LogP contribution in [0.3, 0.4) is 0 Å². The third kappa shape index (κ3) is 2.41. The van der Waals surface area contributed by atoms with Crippen molar-refractivity contribution in [2.24, 2.45) is 28.6 Å². The SMILES string of the molecule is C[C@]12CC[C@H](O)C[C@H]1CCC1C2C(O)C(=O)[C@]2(C)[C@@H](c3ccc(=O)oc3)CC[C@]12O. The van der Waals surface area contributed by atoms with Crippen LogP contribution in [-0.4, -0.2) is 38.9 Å². The molecule has 4 saturated carbocycles. The average molecular weight is 417 g/mol. The maximum absolute atomic E-state index is 13.8. The number of carbonyl (C=O) groups excluding carboxylic acids is 1. The van der Waals surface area contributed by atoms with Crippen molar-refractivity contribution in [1.29, 1.82) is 0 Å². The zero-order valence-electron chi connectivity index (χ0n) is 17.7. The van der Waals surface area contributed by atoms with Gasteiger partial charge in [0.15, 0.2) is 5.78 Å². The van der Waals surface area contributed by atoms with Gasteiger partial charge in [-0.05, 0) is 80.8 Å². The minimum absolute atomic E-state index is 0.160. The molecule has 3 unspecified atom stereocenters. The van der Waals surface area contributed by atoms with E-state index in [1.165, 1.54) is 12.3 Å². The number of aliphatic hydroxyl groups is 3. The first kappa shape index (κ1) is 20.4. The number of hydrogen-bond acceptors (Lipinski definition) is 6. The Bertz CT molecular complexity index is 904. The summed E-state index contributed by atoms with van der Waals surface area (Å²) in [5.41, 5.74) is -2.29. The van der Waals surface area contributed by atoms with Crippen LogP contribution in [0.1, 0.15) is 70.3 Å². The van der Waals surface area contributed by atoms with Crippen LogP contribution in [0.15, 0.2) is 27.6 Å². The van der Waals surface area contributed by atoms with Gasteiger partial charge in [0.2, 0.25) is 0 Å². The van der Waals surface area contributed by atoms with Crippen molar-refractivity contribution in [2.45, 2.75) is 82.5 Å². The lowest BCUT2D eigenvalue weighted by Crippen LogP contribution is -2.70. The Morgan fingerprint density at radius 2 is 1.80 bits per heavy atom. The van der Waals surface area contributed by atoms with Gasteiger partial charge in [-0.15, -0.1) is 0 Å². The number of Topliss-reactive ketones (excluding diaryl/α,β-unsaturated/α-hetero) is 1. The maximum Gasteiger partial charge on any atom is 0.335 e. The van der Waals surface area contributed by atoms with Crippen molar-refractivity contribution in [3.05, 3.63) is 34.4 Å². The van der Waals surface area contributed by atoms with Crippen LogP contribution in [0.5, 0.6) is 0 Å². The fourth-order valence-corrected chi connectivity index (χ4v) is 8.13. The number of rotatable bonds is 1. The number of aliphatic hydroxyl groups excluding tert-OH is 2. The molecule has 0 radical (unpaired) electrons. The summed E-state index contributed by atoms with van der Waals surface area (Å²) in [6.45, 7) is 3.96. The second-order valence-electron chi connectivity index (χ2n) is 10.8. The van der Waals surface area contributed by atoms with E-state index in [0.717, 1.165) is 24.8 Å². The second kappa shape index (κ2) is 6.50. The highest BCUT2D eigenvalue weighted by atomic mass is 16.4. The second-order valence-corrected chi connectivity index (χ2v) is 10.8. The zero-order valence-corrected chi connectivity index (χ0v) is 17.7. The average Bonchev–Trinajstić information content (AvgIpc) is 3.00. The molecule has 9 atom stereocenters. The van der Waals surface area contributed by atoms with Crippen LogP contribution >= 0.6 is 0 Å². The summed E-state index contributed by atoms with van der Waals surface area (Å²) in [5.74, 6) is -0.769. The van der Waals surface area contributed by atoms with Crippen LogP contribution in [0, 0.1) is 28.6 Å². The van der Waals surface area contributed by atoms with Crippen molar-refractivity contribution in [2.75, 3.05) is 0 Å². The molecule has 1 heterocycles. The van der Waals surface area contributed by atoms with E-state index >= 15 is 0 Å². The van der Waals surface area contributed by atoms with Crippen molar-refractivity contribution < 1.29 is 24.5 Å². The van der Waals surface area contributed by atoms with E-state index in [4.69, 9.17) is 4.42 Å². The predicted octanol–water partition coefficient (Wildman–Crippen LogP) is 2.39. The van der Waals surface area contributed by atoms with Gasteiger partial charge < -0.3 is 19.7 Å². The first-order chi connectivity index (χ1) is 14.1. The maximum atomic E-state index is 13.8. The Morgan fingerprint density at radius 1 is 1.03 bits per heavy atom. The van der Waals surface area contributed by atoms with E-state index in [0.29, 0.717) is 25.7 Å². The monoisotopic (exact) mass is 416 g/mol. The van der Waals surface area contributed by atoms with Gasteiger partial charge in [-0.3, -0.25) is 4.79 Å². The molecule has 0 saturated heterocycles. The van der Waals surface area contributed by atoms with Gasteiger partial charge in [0.05, 0.1) is 23.4 Å².